The van der Waals surface area contributed by atoms with Crippen molar-refractivity contribution in [1.29, 1.82) is 0 Å². The van der Waals surface area contributed by atoms with E-state index in [4.69, 9.17) is 4.74 Å². The Balaban J connectivity index is 1.96. The van der Waals surface area contributed by atoms with Gasteiger partial charge in [-0.05, 0) is 52.9 Å². The number of benzene rings is 2. The van der Waals surface area contributed by atoms with Gasteiger partial charge in [0, 0.05) is 25.9 Å². The lowest BCUT2D eigenvalue weighted by Gasteiger charge is -2.26. The molecule has 120 valence electrons. The van der Waals surface area contributed by atoms with Gasteiger partial charge in [0.2, 0.25) is 0 Å². The number of halogens is 2. The van der Waals surface area contributed by atoms with Crippen molar-refractivity contribution in [3.63, 3.8) is 0 Å². The molecule has 2 aromatic rings. The van der Waals surface area contributed by atoms with Crippen LogP contribution in [0.4, 0.5) is 0 Å². The molecule has 0 aliphatic carbocycles. The fourth-order valence-corrected chi connectivity index (χ4v) is 4.89. The Kier molecular flexibility index (Phi) is 5.53. The molecule has 1 amide bonds. The maximum absolute atomic E-state index is 13.0. The van der Waals surface area contributed by atoms with Crippen LogP contribution in [0.25, 0.3) is 0 Å². The molecule has 0 bridgehead atoms. The Morgan fingerprint density at radius 2 is 2.13 bits per heavy atom. The molecule has 23 heavy (non-hydrogen) atoms. The van der Waals surface area contributed by atoms with Crippen molar-refractivity contribution in [3.8, 4) is 5.75 Å². The minimum Gasteiger partial charge on any atom is -0.496 e. The number of hydrogen-bond acceptors (Lipinski definition) is 3. The van der Waals surface area contributed by atoms with Gasteiger partial charge in [0.25, 0.3) is 5.91 Å². The summed E-state index contributed by atoms with van der Waals surface area (Å²) in [4.78, 5) is 14.9. The molecule has 1 atom stereocenters. The van der Waals surface area contributed by atoms with Gasteiger partial charge in [0.05, 0.1) is 12.7 Å². The number of nitrogens with zero attached hydrogens (tertiary/aromatic N) is 1. The minimum absolute atomic E-state index is 0.0223. The molecule has 0 spiro atoms. The van der Waals surface area contributed by atoms with Crippen molar-refractivity contribution in [2.24, 2.45) is 0 Å². The lowest BCUT2D eigenvalue weighted by Crippen LogP contribution is -2.31. The second kappa shape index (κ2) is 7.44. The van der Waals surface area contributed by atoms with Crippen LogP contribution in [0.3, 0.4) is 0 Å². The summed E-state index contributed by atoms with van der Waals surface area (Å²) in [6.07, 6.45) is 0. The molecule has 0 saturated carbocycles. The summed E-state index contributed by atoms with van der Waals surface area (Å²) < 4.78 is 7.46. The molecule has 0 radical (unpaired) electrons. The maximum atomic E-state index is 13.0. The molecule has 1 heterocycles. The third-order valence-corrected chi connectivity index (χ3v) is 6.39. The van der Waals surface area contributed by atoms with Crippen molar-refractivity contribution in [3.05, 3.63) is 61.6 Å². The standard InChI is InChI=1S/C17H15BrINO2S/c1-22-15-7-6-11(18)10-13(15)17-20(8-9-23-17)16(21)12-4-2-3-5-14(12)19/h2-7,10,17H,8-9H2,1H3. The van der Waals surface area contributed by atoms with Crippen LogP contribution in [0.2, 0.25) is 0 Å². The Labute approximate surface area is 162 Å². The largest absolute Gasteiger partial charge is 0.496 e. The molecule has 2 aromatic carbocycles. The Morgan fingerprint density at radius 1 is 1.35 bits per heavy atom. The van der Waals surface area contributed by atoms with Gasteiger partial charge in [0.15, 0.2) is 0 Å². The average molecular weight is 504 g/mol. The predicted molar refractivity (Wildman–Crippen MR) is 106 cm³/mol. The zero-order chi connectivity index (χ0) is 16.4. The summed E-state index contributed by atoms with van der Waals surface area (Å²) in [7, 11) is 1.67. The first-order valence-electron chi connectivity index (χ1n) is 7.12. The van der Waals surface area contributed by atoms with E-state index in [-0.39, 0.29) is 11.3 Å². The first kappa shape index (κ1) is 17.1. The zero-order valence-corrected chi connectivity index (χ0v) is 17.0. The quantitative estimate of drug-likeness (QED) is 0.555. The number of amides is 1. The molecule has 3 nitrogen and oxygen atoms in total. The topological polar surface area (TPSA) is 29.5 Å². The summed E-state index contributed by atoms with van der Waals surface area (Å²) in [5.74, 6) is 1.82. The maximum Gasteiger partial charge on any atom is 0.256 e. The SMILES string of the molecule is COc1ccc(Br)cc1C1SCCN1C(=O)c1ccccc1I. The second-order valence-corrected chi connectivity index (χ2v) is 8.35. The number of ether oxygens (including phenoxy) is 1. The van der Waals surface area contributed by atoms with Crippen molar-refractivity contribution in [2.75, 3.05) is 19.4 Å². The van der Waals surface area contributed by atoms with Gasteiger partial charge in [-0.1, -0.05) is 28.1 Å². The van der Waals surface area contributed by atoms with Crippen molar-refractivity contribution in [1.82, 2.24) is 4.90 Å². The normalized spacial score (nSPS) is 17.3. The third-order valence-electron chi connectivity index (χ3n) is 3.71. The van der Waals surface area contributed by atoms with Crippen LogP contribution >= 0.6 is 50.3 Å². The van der Waals surface area contributed by atoms with E-state index in [1.54, 1.807) is 18.9 Å². The van der Waals surface area contributed by atoms with Crippen LogP contribution in [0.5, 0.6) is 5.75 Å². The molecular formula is C17H15BrINO2S. The molecule has 1 fully saturated rings. The van der Waals surface area contributed by atoms with E-state index < -0.39 is 0 Å². The molecule has 3 rings (SSSR count). The van der Waals surface area contributed by atoms with Crippen molar-refractivity contribution < 1.29 is 9.53 Å². The highest BCUT2D eigenvalue weighted by molar-refractivity contribution is 14.1. The van der Waals surface area contributed by atoms with E-state index in [1.807, 2.05) is 47.4 Å². The van der Waals surface area contributed by atoms with Crippen LogP contribution in [0, 0.1) is 3.57 Å². The van der Waals surface area contributed by atoms with Crippen LogP contribution in [0.15, 0.2) is 46.9 Å². The van der Waals surface area contributed by atoms with Gasteiger partial charge in [-0.2, -0.15) is 0 Å². The van der Waals surface area contributed by atoms with Crippen molar-refractivity contribution >= 4 is 56.2 Å². The van der Waals surface area contributed by atoms with Gasteiger partial charge in [0.1, 0.15) is 11.1 Å². The number of thioether (sulfide) groups is 1. The molecule has 1 aliphatic rings. The van der Waals surface area contributed by atoms with E-state index in [0.717, 1.165) is 37.2 Å². The molecule has 0 N–H and O–H groups in total. The lowest BCUT2D eigenvalue weighted by molar-refractivity contribution is 0.0758. The fourth-order valence-electron chi connectivity index (χ4n) is 2.62. The Morgan fingerprint density at radius 3 is 2.87 bits per heavy atom. The summed E-state index contributed by atoms with van der Waals surface area (Å²) in [6, 6.07) is 13.6. The smallest absolute Gasteiger partial charge is 0.256 e. The number of carbonyl (C=O) groups is 1. The number of carbonyl (C=O) groups excluding carboxylic acids is 1. The average Bonchev–Trinajstić information content (AvgIpc) is 3.04. The highest BCUT2D eigenvalue weighted by Gasteiger charge is 2.33. The monoisotopic (exact) mass is 503 g/mol. The first-order valence-corrected chi connectivity index (χ1v) is 10.0. The second-order valence-electron chi connectivity index (χ2n) is 5.09. The van der Waals surface area contributed by atoms with E-state index in [1.165, 1.54) is 0 Å². The Bertz CT molecular complexity index is 740. The Hall–Kier alpha value is -0.730. The van der Waals surface area contributed by atoms with E-state index in [9.17, 15) is 4.79 Å². The zero-order valence-electron chi connectivity index (χ0n) is 12.5. The molecule has 6 heteroatoms. The van der Waals surface area contributed by atoms with E-state index in [2.05, 4.69) is 38.5 Å². The summed E-state index contributed by atoms with van der Waals surface area (Å²) in [5.41, 5.74) is 1.79. The van der Waals surface area contributed by atoms with Crippen LogP contribution < -0.4 is 4.74 Å². The van der Waals surface area contributed by atoms with Crippen molar-refractivity contribution in [2.45, 2.75) is 5.37 Å². The molecule has 0 aromatic heterocycles. The molecule has 1 aliphatic heterocycles. The molecule has 1 saturated heterocycles. The van der Waals surface area contributed by atoms with Gasteiger partial charge < -0.3 is 9.64 Å². The summed E-state index contributed by atoms with van der Waals surface area (Å²) in [5, 5.41) is -0.0223. The first-order chi connectivity index (χ1) is 11.1. The van der Waals surface area contributed by atoms with Gasteiger partial charge in [-0.3, -0.25) is 4.79 Å². The van der Waals surface area contributed by atoms with Gasteiger partial charge in [-0.25, -0.2) is 0 Å². The van der Waals surface area contributed by atoms with Gasteiger partial charge in [-0.15, -0.1) is 11.8 Å². The summed E-state index contributed by atoms with van der Waals surface area (Å²) in [6.45, 7) is 0.745. The van der Waals surface area contributed by atoms with E-state index in [0.29, 0.717) is 0 Å². The van der Waals surface area contributed by atoms with Crippen LogP contribution in [0.1, 0.15) is 21.3 Å². The molecule has 1 unspecified atom stereocenters. The highest BCUT2D eigenvalue weighted by atomic mass is 127. The number of rotatable bonds is 3. The fraction of sp³-hybridized carbons (Fsp3) is 0.235. The third kappa shape index (κ3) is 3.53. The van der Waals surface area contributed by atoms with Gasteiger partial charge >= 0.3 is 0 Å². The number of methoxy groups -OCH3 is 1. The van der Waals surface area contributed by atoms with Crippen LogP contribution in [-0.4, -0.2) is 30.2 Å². The van der Waals surface area contributed by atoms with E-state index >= 15 is 0 Å². The minimum atomic E-state index is -0.0223. The number of hydrogen-bond donors (Lipinski definition) is 0. The molecular weight excluding hydrogens is 489 g/mol. The van der Waals surface area contributed by atoms with Crippen LogP contribution in [-0.2, 0) is 0 Å². The highest BCUT2D eigenvalue weighted by Crippen LogP contribution is 2.43. The summed E-state index contributed by atoms with van der Waals surface area (Å²) >= 11 is 7.51. The lowest BCUT2D eigenvalue weighted by atomic mass is 10.1. The predicted octanol–water partition coefficient (Wildman–Crippen LogP) is 4.95.